The Morgan fingerprint density at radius 2 is 2.26 bits per heavy atom. The summed E-state index contributed by atoms with van der Waals surface area (Å²) >= 11 is 0. The van der Waals surface area contributed by atoms with Crippen molar-refractivity contribution in [2.45, 2.75) is 37.6 Å². The van der Waals surface area contributed by atoms with Gasteiger partial charge in [0.1, 0.15) is 0 Å². The van der Waals surface area contributed by atoms with E-state index in [1.165, 1.54) is 5.56 Å². The highest BCUT2D eigenvalue weighted by molar-refractivity contribution is 5.63. The number of hydrogen-bond acceptors (Lipinski definition) is 3. The fourth-order valence-electron chi connectivity index (χ4n) is 3.50. The second-order valence-electron chi connectivity index (χ2n) is 5.90. The van der Waals surface area contributed by atoms with Crippen LogP contribution in [0.4, 0.5) is 5.69 Å². The SMILES string of the molecule is C[C@@]1(C2CCC(N)C2)C=CNc2ccc(C#N)cc21. The molecule has 1 heterocycles. The van der Waals surface area contributed by atoms with Crippen LogP contribution in [-0.4, -0.2) is 6.04 Å². The first kappa shape index (κ1) is 12.3. The summed E-state index contributed by atoms with van der Waals surface area (Å²) in [6, 6.07) is 8.46. The van der Waals surface area contributed by atoms with Gasteiger partial charge in [0.15, 0.2) is 0 Å². The summed E-state index contributed by atoms with van der Waals surface area (Å²) < 4.78 is 0. The van der Waals surface area contributed by atoms with Crippen molar-refractivity contribution in [1.29, 1.82) is 5.26 Å². The minimum absolute atomic E-state index is 0.0123. The molecule has 2 aliphatic rings. The maximum absolute atomic E-state index is 9.11. The molecule has 0 amide bonds. The molecule has 0 radical (unpaired) electrons. The molecule has 1 aliphatic carbocycles. The second-order valence-corrected chi connectivity index (χ2v) is 5.90. The number of hydrogen-bond donors (Lipinski definition) is 2. The Labute approximate surface area is 114 Å². The van der Waals surface area contributed by atoms with Crippen LogP contribution in [-0.2, 0) is 5.41 Å². The minimum atomic E-state index is -0.0123. The lowest BCUT2D eigenvalue weighted by Gasteiger charge is -2.37. The summed E-state index contributed by atoms with van der Waals surface area (Å²) in [6.07, 6.45) is 7.60. The zero-order valence-corrected chi connectivity index (χ0v) is 11.2. The van der Waals surface area contributed by atoms with Gasteiger partial charge in [0, 0.05) is 17.1 Å². The molecule has 1 aromatic carbocycles. The van der Waals surface area contributed by atoms with Gasteiger partial charge in [-0.15, -0.1) is 0 Å². The van der Waals surface area contributed by atoms with Crippen molar-refractivity contribution in [3.05, 3.63) is 41.6 Å². The number of allylic oxidation sites excluding steroid dienone is 1. The lowest BCUT2D eigenvalue weighted by molar-refractivity contribution is 0.360. The smallest absolute Gasteiger partial charge is 0.0991 e. The largest absolute Gasteiger partial charge is 0.362 e. The van der Waals surface area contributed by atoms with Gasteiger partial charge in [0.25, 0.3) is 0 Å². The summed E-state index contributed by atoms with van der Waals surface area (Å²) in [4.78, 5) is 0. The van der Waals surface area contributed by atoms with Crippen LogP contribution >= 0.6 is 0 Å². The van der Waals surface area contributed by atoms with Gasteiger partial charge in [-0.3, -0.25) is 0 Å². The number of nitrogens with two attached hydrogens (primary N) is 1. The Hall–Kier alpha value is -1.79. The van der Waals surface area contributed by atoms with Crippen molar-refractivity contribution in [2.24, 2.45) is 11.7 Å². The van der Waals surface area contributed by atoms with Gasteiger partial charge in [-0.1, -0.05) is 13.0 Å². The molecule has 1 aliphatic heterocycles. The van der Waals surface area contributed by atoms with E-state index in [0.29, 0.717) is 12.0 Å². The topological polar surface area (TPSA) is 61.8 Å². The zero-order valence-electron chi connectivity index (χ0n) is 11.2. The Balaban J connectivity index is 2.06. The summed E-state index contributed by atoms with van der Waals surface area (Å²) in [6.45, 7) is 2.27. The van der Waals surface area contributed by atoms with Crippen molar-refractivity contribution in [3.63, 3.8) is 0 Å². The molecule has 2 unspecified atom stereocenters. The summed E-state index contributed by atoms with van der Waals surface area (Å²) in [7, 11) is 0. The molecule has 0 saturated heterocycles. The van der Waals surface area contributed by atoms with Gasteiger partial charge in [-0.05, 0) is 55.1 Å². The van der Waals surface area contributed by atoms with E-state index in [9.17, 15) is 0 Å². The Morgan fingerprint density at radius 3 is 2.95 bits per heavy atom. The van der Waals surface area contributed by atoms with Crippen molar-refractivity contribution >= 4 is 5.69 Å². The highest BCUT2D eigenvalue weighted by Gasteiger charge is 2.40. The monoisotopic (exact) mass is 253 g/mol. The van der Waals surface area contributed by atoms with Crippen LogP contribution in [0.15, 0.2) is 30.5 Å². The third-order valence-electron chi connectivity index (χ3n) is 4.72. The maximum atomic E-state index is 9.11. The van der Waals surface area contributed by atoms with Crippen molar-refractivity contribution < 1.29 is 0 Å². The van der Waals surface area contributed by atoms with Gasteiger partial charge >= 0.3 is 0 Å². The zero-order chi connectivity index (χ0) is 13.5. The van der Waals surface area contributed by atoms with Crippen LogP contribution in [0.1, 0.15) is 37.3 Å². The van der Waals surface area contributed by atoms with E-state index in [1.807, 2.05) is 24.4 Å². The molecule has 3 N–H and O–H groups in total. The summed E-state index contributed by atoms with van der Waals surface area (Å²) in [5.74, 6) is 0.563. The molecule has 3 rings (SSSR count). The predicted molar refractivity (Wildman–Crippen MR) is 76.6 cm³/mol. The van der Waals surface area contributed by atoms with Crippen LogP contribution in [0.2, 0.25) is 0 Å². The quantitative estimate of drug-likeness (QED) is 0.809. The standard InChI is InChI=1S/C16H19N3/c1-16(12-3-4-13(18)9-12)6-7-19-15-5-2-11(10-17)8-14(15)16/h2,5-8,12-13,19H,3-4,9,18H2,1H3/t12?,13?,16-/m0/s1. The normalized spacial score (nSPS) is 32.5. The van der Waals surface area contributed by atoms with Crippen LogP contribution in [0.5, 0.6) is 0 Å². The van der Waals surface area contributed by atoms with Crippen LogP contribution in [0.25, 0.3) is 0 Å². The molecule has 98 valence electrons. The van der Waals surface area contributed by atoms with E-state index >= 15 is 0 Å². The number of rotatable bonds is 1. The van der Waals surface area contributed by atoms with E-state index in [4.69, 9.17) is 11.0 Å². The maximum Gasteiger partial charge on any atom is 0.0991 e. The Bertz CT molecular complexity index is 570. The number of anilines is 1. The van der Waals surface area contributed by atoms with E-state index in [1.54, 1.807) is 0 Å². The van der Waals surface area contributed by atoms with Crippen LogP contribution in [0, 0.1) is 17.2 Å². The highest BCUT2D eigenvalue weighted by Crippen LogP contribution is 2.47. The Kier molecular flexibility index (Phi) is 2.83. The van der Waals surface area contributed by atoms with E-state index in [2.05, 4.69) is 24.4 Å². The number of nitriles is 1. The first-order chi connectivity index (χ1) is 9.13. The number of fused-ring (bicyclic) bond motifs is 1. The third-order valence-corrected chi connectivity index (χ3v) is 4.72. The van der Waals surface area contributed by atoms with Gasteiger partial charge in [0.05, 0.1) is 11.6 Å². The van der Waals surface area contributed by atoms with E-state index in [-0.39, 0.29) is 5.41 Å². The fraction of sp³-hybridized carbons (Fsp3) is 0.438. The Morgan fingerprint density at radius 1 is 1.42 bits per heavy atom. The molecule has 3 nitrogen and oxygen atoms in total. The van der Waals surface area contributed by atoms with Crippen molar-refractivity contribution in [2.75, 3.05) is 5.32 Å². The highest BCUT2D eigenvalue weighted by atomic mass is 14.9. The molecule has 0 aromatic heterocycles. The van der Waals surface area contributed by atoms with Gasteiger partial charge in [-0.25, -0.2) is 0 Å². The number of nitrogens with zero attached hydrogens (tertiary/aromatic N) is 1. The second kappa shape index (κ2) is 4.40. The van der Waals surface area contributed by atoms with E-state index < -0.39 is 0 Å². The lowest BCUT2D eigenvalue weighted by atomic mass is 9.69. The van der Waals surface area contributed by atoms with Crippen molar-refractivity contribution in [1.82, 2.24) is 0 Å². The summed E-state index contributed by atoms with van der Waals surface area (Å²) in [5, 5.41) is 12.4. The third kappa shape index (κ3) is 1.93. The minimum Gasteiger partial charge on any atom is -0.362 e. The molecule has 1 aromatic rings. The number of nitrogens with one attached hydrogen (secondary N) is 1. The van der Waals surface area contributed by atoms with Crippen LogP contribution < -0.4 is 11.1 Å². The van der Waals surface area contributed by atoms with Crippen molar-refractivity contribution in [3.8, 4) is 6.07 Å². The molecule has 19 heavy (non-hydrogen) atoms. The molecule has 0 spiro atoms. The van der Waals surface area contributed by atoms with Gasteiger partial charge < -0.3 is 11.1 Å². The van der Waals surface area contributed by atoms with E-state index in [0.717, 1.165) is 30.5 Å². The molecular formula is C16H19N3. The van der Waals surface area contributed by atoms with Crippen LogP contribution in [0.3, 0.4) is 0 Å². The summed E-state index contributed by atoms with van der Waals surface area (Å²) in [5.41, 5.74) is 9.13. The molecule has 3 heteroatoms. The first-order valence-corrected chi connectivity index (χ1v) is 6.88. The molecule has 3 atom stereocenters. The number of benzene rings is 1. The molecule has 1 fully saturated rings. The molecular weight excluding hydrogens is 234 g/mol. The fourth-order valence-corrected chi connectivity index (χ4v) is 3.50. The van der Waals surface area contributed by atoms with Gasteiger partial charge in [0.2, 0.25) is 0 Å². The predicted octanol–water partition coefficient (Wildman–Crippen LogP) is 2.88. The molecule has 0 bridgehead atoms. The average molecular weight is 253 g/mol. The van der Waals surface area contributed by atoms with Gasteiger partial charge in [-0.2, -0.15) is 5.26 Å². The first-order valence-electron chi connectivity index (χ1n) is 6.88. The molecule has 1 saturated carbocycles. The average Bonchev–Trinajstić information content (AvgIpc) is 2.86. The lowest BCUT2D eigenvalue weighted by Crippen LogP contribution is -2.32.